The van der Waals surface area contributed by atoms with E-state index in [0.717, 1.165) is 13.1 Å². The quantitative estimate of drug-likeness (QED) is 0.886. The molecule has 0 bridgehead atoms. The van der Waals surface area contributed by atoms with Crippen LogP contribution < -0.4 is 10.2 Å². The smallest absolute Gasteiger partial charge is 0.270 e. The van der Waals surface area contributed by atoms with E-state index in [1.807, 2.05) is 18.7 Å². The summed E-state index contributed by atoms with van der Waals surface area (Å²) in [5.74, 6) is -0.314. The van der Waals surface area contributed by atoms with Crippen LogP contribution in [0.4, 0.5) is 5.69 Å². The van der Waals surface area contributed by atoms with Crippen molar-refractivity contribution in [3.05, 3.63) is 58.9 Å². The van der Waals surface area contributed by atoms with Gasteiger partial charge in [0.25, 0.3) is 11.8 Å². The van der Waals surface area contributed by atoms with Crippen LogP contribution in [0.1, 0.15) is 45.8 Å². The van der Waals surface area contributed by atoms with E-state index in [0.29, 0.717) is 18.7 Å². The third kappa shape index (κ3) is 4.32. The summed E-state index contributed by atoms with van der Waals surface area (Å²) >= 11 is 0. The average Bonchev–Trinajstić information content (AvgIpc) is 2.69. The van der Waals surface area contributed by atoms with E-state index in [-0.39, 0.29) is 23.6 Å². The molecule has 1 aliphatic rings. The average molecular weight is 380 g/mol. The normalized spacial score (nSPS) is 14.3. The molecule has 1 aromatic heterocycles. The number of carbonyl (C=O) groups is 2. The number of aryl methyl sites for hydroxylation is 1. The third-order valence-electron chi connectivity index (χ3n) is 5.14. The van der Waals surface area contributed by atoms with Gasteiger partial charge in [-0.15, -0.1) is 0 Å². The molecule has 1 aromatic carbocycles. The first-order valence-electron chi connectivity index (χ1n) is 9.74. The van der Waals surface area contributed by atoms with E-state index < -0.39 is 0 Å². The van der Waals surface area contributed by atoms with Gasteiger partial charge < -0.3 is 15.1 Å². The van der Waals surface area contributed by atoms with E-state index >= 15 is 0 Å². The Morgan fingerprint density at radius 1 is 1.07 bits per heavy atom. The van der Waals surface area contributed by atoms with Gasteiger partial charge in [0, 0.05) is 49.7 Å². The number of rotatable bonds is 4. The summed E-state index contributed by atoms with van der Waals surface area (Å²) in [6, 6.07) is 9.61. The van der Waals surface area contributed by atoms with Gasteiger partial charge in [0.15, 0.2) is 0 Å². The van der Waals surface area contributed by atoms with Crippen molar-refractivity contribution in [1.29, 1.82) is 0 Å². The van der Waals surface area contributed by atoms with E-state index in [1.54, 1.807) is 12.1 Å². The minimum Gasteiger partial charge on any atom is -0.368 e. The molecule has 0 spiro atoms. The maximum Gasteiger partial charge on any atom is 0.270 e. The monoisotopic (exact) mass is 380 g/mol. The van der Waals surface area contributed by atoms with Crippen LogP contribution in [-0.2, 0) is 0 Å². The molecule has 6 heteroatoms. The third-order valence-corrected chi connectivity index (χ3v) is 5.14. The summed E-state index contributed by atoms with van der Waals surface area (Å²) in [4.78, 5) is 33.3. The largest absolute Gasteiger partial charge is 0.368 e. The van der Waals surface area contributed by atoms with Crippen LogP contribution in [-0.4, -0.2) is 53.9 Å². The van der Waals surface area contributed by atoms with E-state index in [1.165, 1.54) is 23.0 Å². The van der Waals surface area contributed by atoms with Crippen LogP contribution in [0.5, 0.6) is 0 Å². The fraction of sp³-hybridized carbons (Fsp3) is 0.409. The fourth-order valence-corrected chi connectivity index (χ4v) is 3.44. The highest BCUT2D eigenvalue weighted by atomic mass is 16.2. The van der Waals surface area contributed by atoms with Crippen LogP contribution in [0.25, 0.3) is 0 Å². The topological polar surface area (TPSA) is 65.5 Å². The number of hydrogen-bond acceptors (Lipinski definition) is 4. The second-order valence-corrected chi connectivity index (χ2v) is 7.56. The van der Waals surface area contributed by atoms with Crippen LogP contribution in [0, 0.1) is 13.8 Å². The molecule has 1 aliphatic heterocycles. The van der Waals surface area contributed by atoms with Gasteiger partial charge in [0.05, 0.1) is 0 Å². The molecule has 3 rings (SSSR count). The number of nitrogens with zero attached hydrogens (tertiary/aromatic N) is 3. The predicted molar refractivity (Wildman–Crippen MR) is 111 cm³/mol. The minimum atomic E-state index is -0.260. The van der Waals surface area contributed by atoms with Crippen LogP contribution >= 0.6 is 0 Å². The predicted octanol–water partition coefficient (Wildman–Crippen LogP) is 2.80. The first-order chi connectivity index (χ1) is 13.4. The Morgan fingerprint density at radius 3 is 2.46 bits per heavy atom. The van der Waals surface area contributed by atoms with Gasteiger partial charge in [-0.2, -0.15) is 0 Å². The Hall–Kier alpha value is -2.89. The number of aromatic nitrogens is 1. The number of nitrogens with one attached hydrogen (secondary N) is 1. The number of pyridine rings is 1. The minimum absolute atomic E-state index is 0.0202. The van der Waals surface area contributed by atoms with Crippen molar-refractivity contribution in [1.82, 2.24) is 15.2 Å². The second-order valence-electron chi connectivity index (χ2n) is 7.56. The highest BCUT2D eigenvalue weighted by molar-refractivity contribution is 5.98. The lowest BCUT2D eigenvalue weighted by molar-refractivity contribution is 0.0746. The van der Waals surface area contributed by atoms with Crippen molar-refractivity contribution < 1.29 is 9.59 Å². The number of amides is 2. The Labute approximate surface area is 166 Å². The number of anilines is 1. The van der Waals surface area contributed by atoms with Gasteiger partial charge in [-0.1, -0.05) is 12.1 Å². The molecule has 0 radical (unpaired) electrons. The van der Waals surface area contributed by atoms with Crippen LogP contribution in [0.15, 0.2) is 36.5 Å². The highest BCUT2D eigenvalue weighted by Crippen LogP contribution is 2.24. The Balaban J connectivity index is 1.67. The fourth-order valence-electron chi connectivity index (χ4n) is 3.44. The number of carbonyl (C=O) groups excluding carboxylic acids is 2. The van der Waals surface area contributed by atoms with Gasteiger partial charge in [-0.3, -0.25) is 14.6 Å². The van der Waals surface area contributed by atoms with Crippen molar-refractivity contribution in [3.8, 4) is 0 Å². The molecule has 2 amide bonds. The second kappa shape index (κ2) is 8.42. The molecular formula is C22H28N4O2. The Bertz CT molecular complexity index is 871. The standard InChI is InChI=1S/C22H28N4O2/c1-15(2)24-21(27)19-14-18(8-9-23-19)22(28)26-12-10-25(11-13-26)20-7-5-6-16(3)17(20)4/h5-9,14-15H,10-13H2,1-4H3,(H,24,27). The summed E-state index contributed by atoms with van der Waals surface area (Å²) in [5.41, 5.74) is 4.58. The first-order valence-corrected chi connectivity index (χ1v) is 9.74. The zero-order chi connectivity index (χ0) is 20.3. The molecule has 0 saturated carbocycles. The van der Waals surface area contributed by atoms with Gasteiger partial charge in [-0.25, -0.2) is 0 Å². The number of hydrogen-bond donors (Lipinski definition) is 1. The maximum absolute atomic E-state index is 12.9. The van der Waals surface area contributed by atoms with Crippen molar-refractivity contribution in [2.24, 2.45) is 0 Å². The SMILES string of the molecule is Cc1cccc(N2CCN(C(=O)c3ccnc(C(=O)NC(C)C)c3)CC2)c1C. The molecule has 0 aliphatic carbocycles. The van der Waals surface area contributed by atoms with Crippen LogP contribution in [0.3, 0.4) is 0 Å². The Morgan fingerprint density at radius 2 is 1.79 bits per heavy atom. The molecule has 0 atom stereocenters. The molecule has 2 heterocycles. The van der Waals surface area contributed by atoms with Gasteiger partial charge in [0.1, 0.15) is 5.69 Å². The summed E-state index contributed by atoms with van der Waals surface area (Å²) < 4.78 is 0. The van der Waals surface area contributed by atoms with Crippen molar-refractivity contribution >= 4 is 17.5 Å². The van der Waals surface area contributed by atoms with Crippen molar-refractivity contribution in [2.45, 2.75) is 33.7 Å². The summed E-state index contributed by atoms with van der Waals surface area (Å²) in [6.45, 7) is 10.9. The van der Waals surface area contributed by atoms with Gasteiger partial charge >= 0.3 is 0 Å². The molecule has 1 N–H and O–H groups in total. The van der Waals surface area contributed by atoms with E-state index in [9.17, 15) is 9.59 Å². The molecule has 1 saturated heterocycles. The summed E-state index contributed by atoms with van der Waals surface area (Å²) in [7, 11) is 0. The van der Waals surface area contributed by atoms with Crippen molar-refractivity contribution in [2.75, 3.05) is 31.1 Å². The summed E-state index contributed by atoms with van der Waals surface area (Å²) in [5, 5.41) is 2.81. The zero-order valence-electron chi connectivity index (χ0n) is 17.0. The lowest BCUT2D eigenvalue weighted by atomic mass is 10.1. The highest BCUT2D eigenvalue weighted by Gasteiger charge is 2.24. The lowest BCUT2D eigenvalue weighted by Gasteiger charge is -2.37. The molecule has 0 unspecified atom stereocenters. The Kier molecular flexibility index (Phi) is 5.97. The van der Waals surface area contributed by atoms with E-state index in [2.05, 4.69) is 47.2 Å². The number of piperazine rings is 1. The zero-order valence-corrected chi connectivity index (χ0v) is 17.0. The molecular weight excluding hydrogens is 352 g/mol. The van der Waals surface area contributed by atoms with Crippen LogP contribution in [0.2, 0.25) is 0 Å². The molecule has 148 valence electrons. The van der Waals surface area contributed by atoms with Gasteiger partial charge in [-0.05, 0) is 57.0 Å². The van der Waals surface area contributed by atoms with Gasteiger partial charge in [0.2, 0.25) is 0 Å². The number of benzene rings is 1. The van der Waals surface area contributed by atoms with Crippen molar-refractivity contribution in [3.63, 3.8) is 0 Å². The molecule has 2 aromatic rings. The first kappa shape index (κ1) is 19.9. The lowest BCUT2D eigenvalue weighted by Crippen LogP contribution is -2.49. The van der Waals surface area contributed by atoms with E-state index in [4.69, 9.17) is 0 Å². The summed E-state index contributed by atoms with van der Waals surface area (Å²) in [6.07, 6.45) is 1.52. The molecule has 6 nitrogen and oxygen atoms in total. The molecule has 1 fully saturated rings. The maximum atomic E-state index is 12.9. The molecule has 28 heavy (non-hydrogen) atoms.